The average Bonchev–Trinajstić information content (AvgIpc) is 3.18. The summed E-state index contributed by atoms with van der Waals surface area (Å²) >= 11 is 12.1. The number of halogens is 2. The molecular weight excluding hydrogens is 393 g/mol. The van der Waals surface area contributed by atoms with E-state index in [4.69, 9.17) is 27.9 Å². The molecule has 1 aromatic carbocycles. The normalized spacial score (nSPS) is 22.4. The SMILES string of the molecule is OC1COC(Cn2cnc3c(NCc4cccc(Cl)c4)nc(Cl)nc32)C1O. The van der Waals surface area contributed by atoms with Crippen molar-refractivity contribution in [1.29, 1.82) is 0 Å². The van der Waals surface area contributed by atoms with E-state index in [2.05, 4.69) is 20.3 Å². The van der Waals surface area contributed by atoms with Crippen molar-refractivity contribution in [3.05, 3.63) is 46.5 Å². The van der Waals surface area contributed by atoms with Crippen LogP contribution in [0.25, 0.3) is 11.2 Å². The van der Waals surface area contributed by atoms with Crippen LogP contribution in [0.2, 0.25) is 10.3 Å². The lowest BCUT2D eigenvalue weighted by molar-refractivity contribution is 0.0157. The molecule has 142 valence electrons. The van der Waals surface area contributed by atoms with Crippen molar-refractivity contribution < 1.29 is 14.9 Å². The van der Waals surface area contributed by atoms with Crippen molar-refractivity contribution in [2.24, 2.45) is 0 Å². The summed E-state index contributed by atoms with van der Waals surface area (Å²) in [5, 5.41) is 23.5. The fourth-order valence-corrected chi connectivity index (χ4v) is 3.41. The third-order valence-electron chi connectivity index (χ3n) is 4.42. The number of nitrogens with zero attached hydrogens (tertiary/aromatic N) is 4. The molecule has 3 heterocycles. The lowest BCUT2D eigenvalue weighted by Crippen LogP contribution is -2.32. The fourth-order valence-electron chi connectivity index (χ4n) is 3.03. The summed E-state index contributed by atoms with van der Waals surface area (Å²) in [6, 6.07) is 7.49. The second-order valence-corrected chi connectivity index (χ2v) is 7.10. The molecule has 4 rings (SSSR count). The van der Waals surface area contributed by atoms with Crippen LogP contribution in [0.5, 0.6) is 0 Å². The maximum atomic E-state index is 9.98. The lowest BCUT2D eigenvalue weighted by Gasteiger charge is -2.15. The molecule has 1 aliphatic rings. The number of rotatable bonds is 5. The predicted octanol–water partition coefficient (Wildman–Crippen LogP) is 1.87. The van der Waals surface area contributed by atoms with Gasteiger partial charge in [-0.25, -0.2) is 4.98 Å². The first kappa shape index (κ1) is 18.4. The van der Waals surface area contributed by atoms with Crippen molar-refractivity contribution in [3.8, 4) is 0 Å². The molecule has 0 saturated carbocycles. The monoisotopic (exact) mass is 409 g/mol. The highest BCUT2D eigenvalue weighted by atomic mass is 35.5. The molecule has 10 heteroatoms. The van der Waals surface area contributed by atoms with E-state index in [-0.39, 0.29) is 18.4 Å². The Bertz CT molecular complexity index is 967. The summed E-state index contributed by atoms with van der Waals surface area (Å²) in [6.07, 6.45) is -0.812. The molecule has 3 N–H and O–H groups in total. The van der Waals surface area contributed by atoms with Crippen molar-refractivity contribution in [2.45, 2.75) is 31.4 Å². The van der Waals surface area contributed by atoms with Crippen molar-refractivity contribution >= 4 is 40.2 Å². The Labute approximate surface area is 164 Å². The molecule has 3 unspecified atom stereocenters. The number of aliphatic hydroxyl groups excluding tert-OH is 2. The van der Waals surface area contributed by atoms with Gasteiger partial charge < -0.3 is 24.8 Å². The van der Waals surface area contributed by atoms with Crippen molar-refractivity contribution in [1.82, 2.24) is 19.5 Å². The molecule has 1 fully saturated rings. The Kier molecular flexibility index (Phi) is 5.16. The Morgan fingerprint density at radius 3 is 2.85 bits per heavy atom. The Balaban J connectivity index is 1.58. The zero-order valence-electron chi connectivity index (χ0n) is 14.1. The number of aromatic nitrogens is 4. The van der Waals surface area contributed by atoms with E-state index >= 15 is 0 Å². The largest absolute Gasteiger partial charge is 0.388 e. The lowest BCUT2D eigenvalue weighted by atomic mass is 10.1. The smallest absolute Gasteiger partial charge is 0.226 e. The van der Waals surface area contributed by atoms with Crippen LogP contribution < -0.4 is 5.32 Å². The van der Waals surface area contributed by atoms with Gasteiger partial charge in [-0.1, -0.05) is 23.7 Å². The van der Waals surface area contributed by atoms with E-state index in [1.165, 1.54) is 0 Å². The van der Waals surface area contributed by atoms with Crippen LogP contribution >= 0.6 is 23.2 Å². The van der Waals surface area contributed by atoms with Crippen molar-refractivity contribution in [2.75, 3.05) is 11.9 Å². The van der Waals surface area contributed by atoms with E-state index in [9.17, 15) is 10.2 Å². The summed E-state index contributed by atoms with van der Waals surface area (Å²) in [5.41, 5.74) is 2.05. The predicted molar refractivity (Wildman–Crippen MR) is 101 cm³/mol. The second-order valence-electron chi connectivity index (χ2n) is 6.32. The molecule has 8 nitrogen and oxygen atoms in total. The topological polar surface area (TPSA) is 105 Å². The van der Waals surface area contributed by atoms with Crippen LogP contribution in [-0.2, 0) is 17.8 Å². The molecule has 1 aliphatic heterocycles. The fraction of sp³-hybridized carbons (Fsp3) is 0.353. The maximum Gasteiger partial charge on any atom is 0.226 e. The molecule has 0 radical (unpaired) electrons. The average molecular weight is 410 g/mol. The minimum Gasteiger partial charge on any atom is -0.388 e. The number of hydrogen-bond donors (Lipinski definition) is 3. The van der Waals surface area contributed by atoms with E-state index in [0.717, 1.165) is 5.56 Å². The highest BCUT2D eigenvalue weighted by Gasteiger charge is 2.35. The molecule has 0 bridgehead atoms. The maximum absolute atomic E-state index is 9.98. The number of ether oxygens (including phenoxy) is 1. The van der Waals surface area contributed by atoms with Gasteiger partial charge >= 0.3 is 0 Å². The third-order valence-corrected chi connectivity index (χ3v) is 4.82. The quantitative estimate of drug-likeness (QED) is 0.552. The van der Waals surface area contributed by atoms with Crippen LogP contribution in [0, 0.1) is 0 Å². The Hall–Kier alpha value is -1.97. The van der Waals surface area contributed by atoms with Gasteiger partial charge in [-0.2, -0.15) is 9.97 Å². The number of anilines is 1. The zero-order valence-corrected chi connectivity index (χ0v) is 15.6. The summed E-state index contributed by atoms with van der Waals surface area (Å²) < 4.78 is 7.15. The van der Waals surface area contributed by atoms with Crippen LogP contribution in [0.3, 0.4) is 0 Å². The molecule has 2 aromatic heterocycles. The van der Waals surface area contributed by atoms with Gasteiger partial charge in [0, 0.05) is 11.6 Å². The zero-order chi connectivity index (χ0) is 19.0. The molecule has 27 heavy (non-hydrogen) atoms. The minimum atomic E-state index is -0.958. The molecule has 0 spiro atoms. The van der Waals surface area contributed by atoms with Gasteiger partial charge in [0.05, 0.1) is 19.5 Å². The Morgan fingerprint density at radius 2 is 2.11 bits per heavy atom. The highest BCUT2D eigenvalue weighted by molar-refractivity contribution is 6.30. The van der Waals surface area contributed by atoms with Gasteiger partial charge in [-0.3, -0.25) is 0 Å². The molecule has 1 saturated heterocycles. The molecule has 0 aliphatic carbocycles. The van der Waals surface area contributed by atoms with Gasteiger partial charge in [-0.15, -0.1) is 0 Å². The van der Waals surface area contributed by atoms with E-state index < -0.39 is 18.3 Å². The second kappa shape index (κ2) is 7.57. The molecule has 3 atom stereocenters. The first-order valence-electron chi connectivity index (χ1n) is 8.35. The van der Waals surface area contributed by atoms with Gasteiger partial charge in [-0.05, 0) is 29.3 Å². The molecular formula is C17H17Cl2N5O3. The summed E-state index contributed by atoms with van der Waals surface area (Å²) in [7, 11) is 0. The van der Waals surface area contributed by atoms with Crippen LogP contribution in [0.4, 0.5) is 5.82 Å². The van der Waals surface area contributed by atoms with Gasteiger partial charge in [0.15, 0.2) is 17.0 Å². The van der Waals surface area contributed by atoms with Gasteiger partial charge in [0.25, 0.3) is 0 Å². The van der Waals surface area contributed by atoms with E-state index in [1.54, 1.807) is 10.9 Å². The summed E-state index contributed by atoms with van der Waals surface area (Å²) in [5.74, 6) is 0.497. The van der Waals surface area contributed by atoms with Crippen LogP contribution in [-0.4, -0.2) is 54.7 Å². The van der Waals surface area contributed by atoms with Crippen LogP contribution in [0.1, 0.15) is 5.56 Å². The van der Waals surface area contributed by atoms with Gasteiger partial charge in [0.1, 0.15) is 18.3 Å². The first-order valence-corrected chi connectivity index (χ1v) is 9.11. The van der Waals surface area contributed by atoms with Crippen molar-refractivity contribution in [3.63, 3.8) is 0 Å². The molecule has 0 amide bonds. The minimum absolute atomic E-state index is 0.0748. The Morgan fingerprint density at radius 1 is 1.26 bits per heavy atom. The standard InChI is InChI=1S/C17H17Cl2N5O3/c18-10-3-1-2-9(4-10)5-20-15-13-16(23-17(19)22-15)24(8-21-13)6-12-14(26)11(25)7-27-12/h1-4,8,11-12,14,25-26H,5-7H2,(H,20,22,23). The summed E-state index contributed by atoms with van der Waals surface area (Å²) in [6.45, 7) is 0.878. The molecule has 3 aromatic rings. The van der Waals surface area contributed by atoms with Crippen LogP contribution in [0.15, 0.2) is 30.6 Å². The third kappa shape index (κ3) is 3.85. The van der Waals surface area contributed by atoms with Gasteiger partial charge in [0.2, 0.25) is 5.28 Å². The number of hydrogen-bond acceptors (Lipinski definition) is 7. The highest BCUT2D eigenvalue weighted by Crippen LogP contribution is 2.24. The first-order chi connectivity index (χ1) is 13.0. The number of aliphatic hydroxyl groups is 2. The van der Waals surface area contributed by atoms with E-state index in [1.807, 2.05) is 24.3 Å². The number of nitrogens with one attached hydrogen (secondary N) is 1. The number of benzene rings is 1. The number of imidazole rings is 1. The van der Waals surface area contributed by atoms with E-state index in [0.29, 0.717) is 28.5 Å². The summed E-state index contributed by atoms with van der Waals surface area (Å²) in [4.78, 5) is 12.8. The number of fused-ring (bicyclic) bond motifs is 1.